The summed E-state index contributed by atoms with van der Waals surface area (Å²) in [5.74, 6) is 1.07. The van der Waals surface area contributed by atoms with Crippen molar-refractivity contribution in [2.75, 3.05) is 5.75 Å². The summed E-state index contributed by atoms with van der Waals surface area (Å²) in [6.07, 6.45) is 1.59. The van der Waals surface area contributed by atoms with Gasteiger partial charge in [-0.2, -0.15) is 0 Å². The van der Waals surface area contributed by atoms with Crippen LogP contribution >= 0.6 is 23.1 Å². The maximum absolute atomic E-state index is 13.6. The Kier molecular flexibility index (Phi) is 6.29. The highest BCUT2D eigenvalue weighted by Crippen LogP contribution is 2.33. The third-order valence-electron chi connectivity index (χ3n) is 5.10. The van der Waals surface area contributed by atoms with Gasteiger partial charge in [0.1, 0.15) is 10.6 Å². The van der Waals surface area contributed by atoms with Gasteiger partial charge in [0.25, 0.3) is 5.56 Å². The number of carbonyl (C=O) groups is 1. The van der Waals surface area contributed by atoms with Crippen molar-refractivity contribution in [1.29, 1.82) is 0 Å². The average molecular weight is 454 g/mol. The first-order valence-corrected chi connectivity index (χ1v) is 11.9. The van der Waals surface area contributed by atoms with Crippen LogP contribution < -0.4 is 10.9 Å². The Morgan fingerprint density at radius 3 is 2.65 bits per heavy atom. The Labute approximate surface area is 188 Å². The van der Waals surface area contributed by atoms with Gasteiger partial charge in [0.15, 0.2) is 5.16 Å². The molecule has 0 spiro atoms. The lowest BCUT2D eigenvalue weighted by molar-refractivity contribution is -0.119. The number of hydrogen-bond donors (Lipinski definition) is 1. The zero-order valence-electron chi connectivity index (χ0n) is 17.5. The second-order valence-corrected chi connectivity index (χ2v) is 9.37. The molecule has 0 aliphatic carbocycles. The summed E-state index contributed by atoms with van der Waals surface area (Å²) in [6.45, 7) is 6.11. The van der Waals surface area contributed by atoms with E-state index in [2.05, 4.69) is 19.2 Å². The van der Waals surface area contributed by atoms with Crippen LogP contribution in [-0.2, 0) is 4.79 Å². The fraction of sp³-hybridized carbons (Fsp3) is 0.261. The number of fused-ring (bicyclic) bond motifs is 1. The summed E-state index contributed by atoms with van der Waals surface area (Å²) in [7, 11) is 0. The molecule has 4 rings (SSSR count). The van der Waals surface area contributed by atoms with E-state index >= 15 is 0 Å². The summed E-state index contributed by atoms with van der Waals surface area (Å²) in [5, 5.41) is 5.90. The quantitative estimate of drug-likeness (QED) is 0.316. The van der Waals surface area contributed by atoms with Crippen molar-refractivity contribution in [3.63, 3.8) is 0 Å². The monoisotopic (exact) mass is 453 g/mol. The van der Waals surface area contributed by atoms with Gasteiger partial charge in [-0.3, -0.25) is 14.2 Å². The zero-order chi connectivity index (χ0) is 22.0. The number of para-hydroxylation sites is 1. The van der Waals surface area contributed by atoms with E-state index in [0.717, 1.165) is 5.56 Å². The van der Waals surface area contributed by atoms with Gasteiger partial charge in [-0.1, -0.05) is 43.8 Å². The Hall–Kier alpha value is -2.84. The Balaban J connectivity index is 1.76. The van der Waals surface area contributed by atoms with E-state index in [1.54, 1.807) is 16.9 Å². The van der Waals surface area contributed by atoms with Crippen molar-refractivity contribution in [2.45, 2.75) is 32.0 Å². The molecule has 4 aromatic rings. The standard InChI is InChI=1S/C23H23N3O3S2/c1-14(2)15(3)24-19(27)13-31-23-25-21-20(17(12-30-21)18-10-7-11-29-18)22(28)26(23)16-8-5-4-6-9-16/h4-12,14-15H,13H2,1-3H3,(H,24,27)/t15-/m0/s1. The number of thioether (sulfide) groups is 1. The summed E-state index contributed by atoms with van der Waals surface area (Å²) >= 11 is 2.66. The molecule has 1 atom stereocenters. The van der Waals surface area contributed by atoms with Crippen molar-refractivity contribution in [3.8, 4) is 17.0 Å². The molecule has 0 bridgehead atoms. The van der Waals surface area contributed by atoms with Crippen LogP contribution in [0, 0.1) is 5.92 Å². The van der Waals surface area contributed by atoms with Gasteiger partial charge >= 0.3 is 0 Å². The van der Waals surface area contributed by atoms with Crippen molar-refractivity contribution in [3.05, 3.63) is 64.5 Å². The topological polar surface area (TPSA) is 77.1 Å². The van der Waals surface area contributed by atoms with Gasteiger partial charge in [0, 0.05) is 17.0 Å². The number of hydrogen-bond acceptors (Lipinski definition) is 6. The highest BCUT2D eigenvalue weighted by Gasteiger charge is 2.20. The van der Waals surface area contributed by atoms with Crippen LogP contribution in [0.15, 0.2) is 68.5 Å². The number of nitrogens with one attached hydrogen (secondary N) is 1. The summed E-state index contributed by atoms with van der Waals surface area (Å²) in [6, 6.07) is 13.1. The molecule has 6 nitrogen and oxygen atoms in total. The number of nitrogens with zero attached hydrogens (tertiary/aromatic N) is 2. The van der Waals surface area contributed by atoms with Crippen LogP contribution in [0.1, 0.15) is 20.8 Å². The van der Waals surface area contributed by atoms with Crippen molar-refractivity contribution >= 4 is 39.2 Å². The number of furan rings is 1. The van der Waals surface area contributed by atoms with Crippen molar-refractivity contribution in [2.24, 2.45) is 5.92 Å². The first-order valence-electron chi connectivity index (χ1n) is 10.0. The summed E-state index contributed by atoms with van der Waals surface area (Å²) in [4.78, 5) is 31.4. The van der Waals surface area contributed by atoms with Gasteiger partial charge in [-0.05, 0) is 37.1 Å². The molecule has 1 N–H and O–H groups in total. The van der Waals surface area contributed by atoms with Crippen LogP contribution in [0.5, 0.6) is 0 Å². The lowest BCUT2D eigenvalue weighted by Gasteiger charge is -2.17. The first-order chi connectivity index (χ1) is 15.0. The van der Waals surface area contributed by atoms with Crippen LogP contribution in [0.25, 0.3) is 27.2 Å². The fourth-order valence-electron chi connectivity index (χ4n) is 3.08. The minimum absolute atomic E-state index is 0.0769. The van der Waals surface area contributed by atoms with E-state index in [1.165, 1.54) is 23.1 Å². The van der Waals surface area contributed by atoms with Crippen molar-refractivity contribution < 1.29 is 9.21 Å². The molecule has 1 aromatic carbocycles. The molecule has 0 unspecified atom stereocenters. The predicted molar refractivity (Wildman–Crippen MR) is 126 cm³/mol. The zero-order valence-corrected chi connectivity index (χ0v) is 19.1. The Morgan fingerprint density at radius 2 is 1.97 bits per heavy atom. The molecule has 1 amide bonds. The second-order valence-electron chi connectivity index (χ2n) is 7.57. The molecule has 0 radical (unpaired) electrons. The van der Waals surface area contributed by atoms with Gasteiger partial charge < -0.3 is 9.73 Å². The lowest BCUT2D eigenvalue weighted by atomic mass is 10.1. The highest BCUT2D eigenvalue weighted by molar-refractivity contribution is 7.99. The molecule has 0 fully saturated rings. The largest absolute Gasteiger partial charge is 0.464 e. The first kappa shape index (κ1) is 21.4. The van der Waals surface area contributed by atoms with E-state index in [0.29, 0.717) is 32.7 Å². The number of thiophene rings is 1. The average Bonchev–Trinajstić information content (AvgIpc) is 3.42. The molecule has 31 heavy (non-hydrogen) atoms. The van der Waals surface area contributed by atoms with Crippen LogP contribution in [0.2, 0.25) is 0 Å². The van der Waals surface area contributed by atoms with Gasteiger partial charge in [-0.25, -0.2) is 4.98 Å². The van der Waals surface area contributed by atoms with E-state index in [4.69, 9.17) is 9.40 Å². The number of carbonyl (C=O) groups excluding carboxylic acids is 1. The molecule has 0 aliphatic rings. The Bertz CT molecular complexity index is 1240. The smallest absolute Gasteiger partial charge is 0.268 e. The number of aromatic nitrogens is 2. The predicted octanol–water partition coefficient (Wildman–Crippen LogP) is 4.96. The van der Waals surface area contributed by atoms with E-state index in [1.807, 2.05) is 48.7 Å². The van der Waals surface area contributed by atoms with Gasteiger partial charge in [-0.15, -0.1) is 11.3 Å². The number of rotatable bonds is 7. The molecule has 0 saturated carbocycles. The van der Waals surface area contributed by atoms with Crippen LogP contribution in [0.4, 0.5) is 0 Å². The van der Waals surface area contributed by atoms with Crippen LogP contribution in [0.3, 0.4) is 0 Å². The normalized spacial score (nSPS) is 12.4. The SMILES string of the molecule is CC(C)[C@H](C)NC(=O)CSc1nc2scc(-c3ccco3)c2c(=O)n1-c1ccccc1. The minimum Gasteiger partial charge on any atom is -0.464 e. The number of benzene rings is 1. The third kappa shape index (κ3) is 4.45. The molecule has 3 heterocycles. The van der Waals surface area contributed by atoms with Gasteiger partial charge in [0.2, 0.25) is 5.91 Å². The van der Waals surface area contributed by atoms with Gasteiger partial charge in [0.05, 0.1) is 23.1 Å². The van der Waals surface area contributed by atoms with E-state index in [-0.39, 0.29) is 23.3 Å². The Morgan fingerprint density at radius 1 is 1.19 bits per heavy atom. The van der Waals surface area contributed by atoms with Crippen molar-refractivity contribution in [1.82, 2.24) is 14.9 Å². The highest BCUT2D eigenvalue weighted by atomic mass is 32.2. The maximum Gasteiger partial charge on any atom is 0.268 e. The maximum atomic E-state index is 13.6. The fourth-order valence-corrected chi connectivity index (χ4v) is 4.87. The minimum atomic E-state index is -0.178. The number of amides is 1. The lowest BCUT2D eigenvalue weighted by Crippen LogP contribution is -2.37. The summed E-state index contributed by atoms with van der Waals surface area (Å²) in [5.41, 5.74) is 1.26. The summed E-state index contributed by atoms with van der Waals surface area (Å²) < 4.78 is 7.10. The molecule has 0 aliphatic heterocycles. The molecular formula is C23H23N3O3S2. The third-order valence-corrected chi connectivity index (χ3v) is 6.91. The van der Waals surface area contributed by atoms with Crippen LogP contribution in [-0.4, -0.2) is 27.3 Å². The molecular weight excluding hydrogens is 430 g/mol. The second kappa shape index (κ2) is 9.11. The molecule has 160 valence electrons. The molecule has 8 heteroatoms. The molecule has 0 saturated heterocycles. The molecule has 3 aromatic heterocycles. The van der Waals surface area contributed by atoms with E-state index < -0.39 is 0 Å². The van der Waals surface area contributed by atoms with E-state index in [9.17, 15) is 9.59 Å².